The molecule has 9 nitrogen and oxygen atoms in total. The molecule has 1 amide bonds. The number of hydrogen-bond donors (Lipinski definition) is 3. The second-order valence-electron chi connectivity index (χ2n) is 7.84. The zero-order valence-corrected chi connectivity index (χ0v) is 21.7. The van der Waals surface area contributed by atoms with E-state index < -0.39 is 26.7 Å². The molecule has 0 aromatic heterocycles. The lowest BCUT2D eigenvalue weighted by Crippen LogP contribution is -2.12. The number of azo groups is 1. The van der Waals surface area contributed by atoms with Gasteiger partial charge in [-0.25, -0.2) is 0 Å². The Kier molecular flexibility index (Phi) is 7.37. The van der Waals surface area contributed by atoms with Crippen LogP contribution in [0.1, 0.15) is 15.9 Å². The highest BCUT2D eigenvalue weighted by molar-refractivity contribution is 7.86. The predicted octanol–water partition coefficient (Wildman–Crippen LogP) is 7.08. The molecule has 190 valence electrons. The molecule has 0 saturated heterocycles. The smallest absolute Gasteiger partial charge is 0.296 e. The number of nitrogens with zero attached hydrogens (tertiary/aromatic N) is 2. The molecule has 0 aliphatic heterocycles. The number of hydrogen-bond acceptors (Lipinski definition) is 7. The number of anilines is 1. The molecule has 0 saturated carbocycles. The quantitative estimate of drug-likeness (QED) is 0.170. The third kappa shape index (κ3) is 5.37. The molecule has 37 heavy (non-hydrogen) atoms. The van der Waals surface area contributed by atoms with Gasteiger partial charge in [-0.15, -0.1) is 5.11 Å². The Labute approximate surface area is 222 Å². The maximum Gasteiger partial charge on any atom is 0.296 e. The number of rotatable bonds is 6. The average Bonchev–Trinajstić information content (AvgIpc) is 2.86. The standard InChI is InChI=1S/C25H19Cl2N3O6S/c1-13-19(9-10-21(22(13)27)37(33,34)35)29-30-23-16-6-4-3-5-14(16)11-17(24(23)31)25(32)28-20-12-15(36-2)7-8-18(20)26/h3-12,31H,1-2H3,(H,28,32)(H,33,34,35). The van der Waals surface area contributed by atoms with Gasteiger partial charge in [-0.05, 0) is 48.2 Å². The summed E-state index contributed by atoms with van der Waals surface area (Å²) in [5, 5.41) is 23.2. The number of benzene rings is 4. The summed E-state index contributed by atoms with van der Waals surface area (Å²) in [7, 11) is -3.05. The summed E-state index contributed by atoms with van der Waals surface area (Å²) >= 11 is 12.3. The van der Waals surface area contributed by atoms with Crippen LogP contribution in [0.15, 0.2) is 75.8 Å². The number of methoxy groups -OCH3 is 1. The van der Waals surface area contributed by atoms with Crippen molar-refractivity contribution in [2.45, 2.75) is 11.8 Å². The molecule has 0 aliphatic rings. The number of nitrogens with one attached hydrogen (secondary N) is 1. The van der Waals surface area contributed by atoms with Crippen LogP contribution >= 0.6 is 23.2 Å². The fraction of sp³-hybridized carbons (Fsp3) is 0.0800. The van der Waals surface area contributed by atoms with Crippen molar-refractivity contribution in [2.24, 2.45) is 10.2 Å². The van der Waals surface area contributed by atoms with E-state index >= 15 is 0 Å². The van der Waals surface area contributed by atoms with E-state index in [4.69, 9.17) is 27.9 Å². The van der Waals surface area contributed by atoms with Crippen LogP contribution in [0.4, 0.5) is 17.1 Å². The molecule has 0 fully saturated rings. The molecule has 0 unspecified atom stereocenters. The summed E-state index contributed by atoms with van der Waals surface area (Å²) < 4.78 is 37.5. The molecule has 12 heteroatoms. The number of ether oxygens (including phenoxy) is 1. The van der Waals surface area contributed by atoms with Gasteiger partial charge in [-0.1, -0.05) is 47.5 Å². The highest BCUT2D eigenvalue weighted by Crippen LogP contribution is 2.41. The topological polar surface area (TPSA) is 138 Å². The van der Waals surface area contributed by atoms with E-state index in [1.807, 2.05) is 0 Å². The lowest BCUT2D eigenvalue weighted by Gasteiger charge is -2.13. The first-order chi connectivity index (χ1) is 17.5. The minimum atomic E-state index is -4.53. The van der Waals surface area contributed by atoms with Gasteiger partial charge in [0.2, 0.25) is 0 Å². The monoisotopic (exact) mass is 559 g/mol. The van der Waals surface area contributed by atoms with Crippen molar-refractivity contribution in [3.63, 3.8) is 0 Å². The van der Waals surface area contributed by atoms with Crippen LogP contribution in [0.25, 0.3) is 10.8 Å². The van der Waals surface area contributed by atoms with E-state index in [1.165, 1.54) is 26.2 Å². The Morgan fingerprint density at radius 2 is 1.76 bits per heavy atom. The summed E-state index contributed by atoms with van der Waals surface area (Å²) in [6.45, 7) is 1.51. The molecule has 4 aromatic carbocycles. The Morgan fingerprint density at radius 1 is 1.03 bits per heavy atom. The van der Waals surface area contributed by atoms with E-state index in [0.29, 0.717) is 16.5 Å². The van der Waals surface area contributed by atoms with Crippen LogP contribution in [-0.4, -0.2) is 31.1 Å². The summed E-state index contributed by atoms with van der Waals surface area (Å²) in [5.41, 5.74) is 0.646. The summed E-state index contributed by atoms with van der Waals surface area (Å²) in [6.07, 6.45) is 0. The molecule has 4 rings (SSSR count). The molecule has 0 bridgehead atoms. The van der Waals surface area contributed by atoms with Gasteiger partial charge >= 0.3 is 0 Å². The molecule has 3 N–H and O–H groups in total. The highest BCUT2D eigenvalue weighted by Gasteiger charge is 2.21. The van der Waals surface area contributed by atoms with Crippen molar-refractivity contribution in [1.82, 2.24) is 0 Å². The van der Waals surface area contributed by atoms with Crippen molar-refractivity contribution in [1.29, 1.82) is 0 Å². The van der Waals surface area contributed by atoms with Gasteiger partial charge in [-0.3, -0.25) is 9.35 Å². The zero-order valence-electron chi connectivity index (χ0n) is 19.4. The number of halogens is 2. The number of carbonyl (C=O) groups is 1. The molecule has 0 radical (unpaired) electrons. The fourth-order valence-electron chi connectivity index (χ4n) is 3.57. The third-order valence-corrected chi connectivity index (χ3v) is 7.34. The van der Waals surface area contributed by atoms with E-state index in [0.717, 1.165) is 6.07 Å². The first-order valence-corrected chi connectivity index (χ1v) is 12.8. The summed E-state index contributed by atoms with van der Waals surface area (Å²) in [5.74, 6) is -0.602. The normalized spacial score (nSPS) is 11.7. The number of phenols is 1. The second-order valence-corrected chi connectivity index (χ2v) is 10.0. The molecular weight excluding hydrogens is 541 g/mol. The maximum atomic E-state index is 13.1. The number of carbonyl (C=O) groups excluding carboxylic acids is 1. The third-order valence-electron chi connectivity index (χ3n) is 5.52. The van der Waals surface area contributed by atoms with Gasteiger partial charge in [0.05, 0.1) is 34.1 Å². The molecular formula is C25H19Cl2N3O6S. The van der Waals surface area contributed by atoms with E-state index in [-0.39, 0.29) is 38.2 Å². The molecule has 0 heterocycles. The van der Waals surface area contributed by atoms with E-state index in [1.54, 1.807) is 42.5 Å². The second kappa shape index (κ2) is 10.3. The van der Waals surface area contributed by atoms with Crippen LogP contribution in [0.5, 0.6) is 11.5 Å². The molecule has 0 spiro atoms. The maximum absolute atomic E-state index is 13.1. The minimum absolute atomic E-state index is 0.00867. The van der Waals surface area contributed by atoms with E-state index in [9.17, 15) is 22.9 Å². The molecule has 0 aliphatic carbocycles. The Bertz CT molecular complexity index is 1690. The van der Waals surface area contributed by atoms with Gasteiger partial charge in [0.1, 0.15) is 16.3 Å². The Hall–Kier alpha value is -3.70. The van der Waals surface area contributed by atoms with Crippen LogP contribution in [0.3, 0.4) is 0 Å². The Morgan fingerprint density at radius 3 is 2.46 bits per heavy atom. The van der Waals surface area contributed by atoms with Crippen molar-refractivity contribution in [2.75, 3.05) is 12.4 Å². The van der Waals surface area contributed by atoms with Crippen LogP contribution < -0.4 is 10.1 Å². The minimum Gasteiger partial charge on any atom is -0.505 e. The summed E-state index contributed by atoms with van der Waals surface area (Å²) in [4.78, 5) is 12.7. The highest BCUT2D eigenvalue weighted by atomic mass is 35.5. The predicted molar refractivity (Wildman–Crippen MR) is 142 cm³/mol. The zero-order chi connectivity index (χ0) is 26.9. The summed E-state index contributed by atoms with van der Waals surface area (Å²) in [6, 6.07) is 15.6. The fourth-order valence-corrected chi connectivity index (χ4v) is 4.81. The number of amides is 1. The van der Waals surface area contributed by atoms with Gasteiger partial charge in [0.25, 0.3) is 16.0 Å². The molecule has 0 atom stereocenters. The Balaban J connectivity index is 1.79. The largest absolute Gasteiger partial charge is 0.505 e. The number of phenolic OH excluding ortho intramolecular Hbond substituents is 1. The SMILES string of the molecule is COc1ccc(Cl)c(NC(=O)c2cc3ccccc3c(N=Nc3ccc(S(=O)(=O)O)c(Cl)c3C)c2O)c1. The van der Waals surface area contributed by atoms with Crippen molar-refractivity contribution < 1.29 is 27.6 Å². The first-order valence-electron chi connectivity index (χ1n) is 10.6. The van der Waals surface area contributed by atoms with Gasteiger partial charge in [0.15, 0.2) is 5.75 Å². The van der Waals surface area contributed by atoms with Crippen LogP contribution in [-0.2, 0) is 10.1 Å². The lowest BCUT2D eigenvalue weighted by molar-refractivity contribution is 0.102. The van der Waals surface area contributed by atoms with Crippen molar-refractivity contribution in [3.8, 4) is 11.5 Å². The number of fused-ring (bicyclic) bond motifs is 1. The van der Waals surface area contributed by atoms with Crippen LogP contribution in [0.2, 0.25) is 10.0 Å². The van der Waals surface area contributed by atoms with Crippen molar-refractivity contribution in [3.05, 3.63) is 81.8 Å². The van der Waals surface area contributed by atoms with Crippen molar-refractivity contribution >= 4 is 67.1 Å². The van der Waals surface area contributed by atoms with Gasteiger partial charge in [0, 0.05) is 11.5 Å². The number of aromatic hydroxyl groups is 1. The molecule has 4 aromatic rings. The lowest BCUT2D eigenvalue weighted by atomic mass is 10.0. The van der Waals surface area contributed by atoms with Gasteiger partial charge in [-0.2, -0.15) is 13.5 Å². The average molecular weight is 560 g/mol. The van der Waals surface area contributed by atoms with Crippen LogP contribution in [0, 0.1) is 6.92 Å². The van der Waals surface area contributed by atoms with Gasteiger partial charge < -0.3 is 15.2 Å². The van der Waals surface area contributed by atoms with E-state index in [2.05, 4.69) is 15.5 Å². The first kappa shape index (κ1) is 26.4.